The zero-order valence-corrected chi connectivity index (χ0v) is 7.81. The zero-order chi connectivity index (χ0) is 8.97. The van der Waals surface area contributed by atoms with E-state index in [1.807, 2.05) is 43.3 Å². The summed E-state index contributed by atoms with van der Waals surface area (Å²) in [4.78, 5) is 0. The van der Waals surface area contributed by atoms with E-state index in [0.29, 0.717) is 0 Å². The Morgan fingerprint density at radius 2 is 2.25 bits per heavy atom. The number of rotatable bonds is 2. The van der Waals surface area contributed by atoms with Crippen LogP contribution in [-0.4, -0.2) is 0 Å². The van der Waals surface area contributed by atoms with E-state index in [1.165, 1.54) is 0 Å². The van der Waals surface area contributed by atoms with Crippen molar-refractivity contribution >= 4 is 17.2 Å². The predicted molar refractivity (Wildman–Crippen MR) is 55.3 cm³/mol. The van der Waals surface area contributed by atoms with Crippen molar-refractivity contribution in [1.82, 2.24) is 0 Å². The first-order valence-electron chi connectivity index (χ1n) is 3.82. The molecule has 1 heteroatoms. The van der Waals surface area contributed by atoms with Gasteiger partial charge >= 0.3 is 0 Å². The Balaban J connectivity index is 3.10. The average Bonchev–Trinajstić information content (AvgIpc) is 2.07. The largest absolute Gasteiger partial charge is 0.0985 e. The van der Waals surface area contributed by atoms with Gasteiger partial charge in [0.05, 0.1) is 0 Å². The Morgan fingerprint density at radius 1 is 1.50 bits per heavy atom. The zero-order valence-electron chi connectivity index (χ0n) is 7.05. The molecule has 1 aromatic carbocycles. The second kappa shape index (κ2) is 4.13. The standard InChI is InChI=1S/C11H11Cl/c1-3-9(4-2)10-6-5-7-11(12)8-10/h3-8H,1H2,2H3. The van der Waals surface area contributed by atoms with E-state index in [2.05, 4.69) is 6.58 Å². The van der Waals surface area contributed by atoms with E-state index in [4.69, 9.17) is 11.6 Å². The molecule has 0 unspecified atom stereocenters. The first-order chi connectivity index (χ1) is 5.77. The van der Waals surface area contributed by atoms with Crippen molar-refractivity contribution in [2.75, 3.05) is 0 Å². The molecule has 0 bridgehead atoms. The molecular formula is C11H11Cl. The van der Waals surface area contributed by atoms with Crippen LogP contribution in [0.3, 0.4) is 0 Å². The molecule has 0 N–H and O–H groups in total. The number of benzene rings is 1. The molecule has 0 atom stereocenters. The van der Waals surface area contributed by atoms with E-state index in [0.717, 1.165) is 16.2 Å². The van der Waals surface area contributed by atoms with Gasteiger partial charge in [-0.3, -0.25) is 0 Å². The Bertz CT molecular complexity index is 311. The minimum atomic E-state index is 0.758. The fraction of sp³-hybridized carbons (Fsp3) is 0.0909. The second-order valence-corrected chi connectivity index (χ2v) is 2.89. The third kappa shape index (κ3) is 1.99. The van der Waals surface area contributed by atoms with Crippen LogP contribution in [0.1, 0.15) is 12.5 Å². The van der Waals surface area contributed by atoms with Crippen molar-refractivity contribution in [2.45, 2.75) is 6.92 Å². The average molecular weight is 179 g/mol. The van der Waals surface area contributed by atoms with Crippen LogP contribution in [-0.2, 0) is 0 Å². The van der Waals surface area contributed by atoms with Crippen molar-refractivity contribution in [1.29, 1.82) is 0 Å². The van der Waals surface area contributed by atoms with E-state index >= 15 is 0 Å². The Labute approximate surface area is 78.2 Å². The molecule has 0 radical (unpaired) electrons. The summed E-state index contributed by atoms with van der Waals surface area (Å²) in [5.74, 6) is 0. The first-order valence-corrected chi connectivity index (χ1v) is 4.20. The van der Waals surface area contributed by atoms with Gasteiger partial charge in [-0.25, -0.2) is 0 Å². The highest BCUT2D eigenvalue weighted by Crippen LogP contribution is 2.18. The summed E-state index contributed by atoms with van der Waals surface area (Å²) in [5.41, 5.74) is 2.22. The Kier molecular flexibility index (Phi) is 3.12. The monoisotopic (exact) mass is 178 g/mol. The van der Waals surface area contributed by atoms with E-state index in [9.17, 15) is 0 Å². The van der Waals surface area contributed by atoms with Crippen LogP contribution in [0.5, 0.6) is 0 Å². The van der Waals surface area contributed by atoms with Crippen LogP contribution in [0.15, 0.2) is 43.0 Å². The first kappa shape index (κ1) is 9.08. The summed E-state index contributed by atoms with van der Waals surface area (Å²) < 4.78 is 0. The van der Waals surface area contributed by atoms with E-state index in [1.54, 1.807) is 0 Å². The Morgan fingerprint density at radius 3 is 2.75 bits per heavy atom. The lowest BCUT2D eigenvalue weighted by Gasteiger charge is -2.00. The van der Waals surface area contributed by atoms with Gasteiger partial charge in [0.1, 0.15) is 0 Å². The molecule has 0 saturated carbocycles. The van der Waals surface area contributed by atoms with Gasteiger partial charge < -0.3 is 0 Å². The summed E-state index contributed by atoms with van der Waals surface area (Å²) in [7, 11) is 0. The molecular weight excluding hydrogens is 168 g/mol. The summed E-state index contributed by atoms with van der Waals surface area (Å²) in [5, 5.41) is 0.758. The lowest BCUT2D eigenvalue weighted by molar-refractivity contribution is 1.60. The molecule has 1 aromatic rings. The van der Waals surface area contributed by atoms with Crippen LogP contribution in [0, 0.1) is 0 Å². The van der Waals surface area contributed by atoms with Gasteiger partial charge in [-0.15, -0.1) is 0 Å². The molecule has 0 aliphatic carbocycles. The highest BCUT2D eigenvalue weighted by Gasteiger charge is 1.95. The van der Waals surface area contributed by atoms with Crippen molar-refractivity contribution in [2.24, 2.45) is 0 Å². The van der Waals surface area contributed by atoms with Gasteiger partial charge in [-0.1, -0.05) is 42.5 Å². The smallest absolute Gasteiger partial charge is 0.0412 e. The van der Waals surface area contributed by atoms with E-state index in [-0.39, 0.29) is 0 Å². The summed E-state index contributed by atoms with van der Waals surface area (Å²) in [6, 6.07) is 7.74. The molecule has 62 valence electrons. The number of hydrogen-bond acceptors (Lipinski definition) is 0. The molecule has 0 aliphatic heterocycles. The fourth-order valence-corrected chi connectivity index (χ4v) is 1.26. The van der Waals surface area contributed by atoms with Gasteiger partial charge in [0.15, 0.2) is 0 Å². The molecule has 0 aromatic heterocycles. The van der Waals surface area contributed by atoms with Crippen LogP contribution in [0.2, 0.25) is 5.02 Å². The van der Waals surface area contributed by atoms with Crippen LogP contribution < -0.4 is 0 Å². The van der Waals surface area contributed by atoms with Crippen molar-refractivity contribution in [3.63, 3.8) is 0 Å². The molecule has 0 aliphatic rings. The maximum absolute atomic E-state index is 5.84. The maximum Gasteiger partial charge on any atom is 0.0412 e. The van der Waals surface area contributed by atoms with Gasteiger partial charge in [0.25, 0.3) is 0 Å². The van der Waals surface area contributed by atoms with Crippen LogP contribution in [0.4, 0.5) is 0 Å². The van der Waals surface area contributed by atoms with Crippen LogP contribution >= 0.6 is 11.6 Å². The van der Waals surface area contributed by atoms with E-state index < -0.39 is 0 Å². The minimum Gasteiger partial charge on any atom is -0.0985 e. The number of hydrogen-bond donors (Lipinski definition) is 0. The SMILES string of the molecule is C=CC(=CC)c1cccc(Cl)c1. The topological polar surface area (TPSA) is 0 Å². The van der Waals surface area contributed by atoms with Crippen molar-refractivity contribution < 1.29 is 0 Å². The highest BCUT2D eigenvalue weighted by molar-refractivity contribution is 6.30. The normalized spacial score (nSPS) is 11.3. The molecule has 0 fully saturated rings. The second-order valence-electron chi connectivity index (χ2n) is 2.46. The quantitative estimate of drug-likeness (QED) is 0.602. The number of halogens is 1. The molecule has 0 amide bonds. The van der Waals surface area contributed by atoms with Gasteiger partial charge in [0, 0.05) is 5.02 Å². The molecule has 0 nitrogen and oxygen atoms in total. The minimum absolute atomic E-state index is 0.758. The molecule has 0 spiro atoms. The van der Waals surface area contributed by atoms with Gasteiger partial charge in [-0.2, -0.15) is 0 Å². The summed E-state index contributed by atoms with van der Waals surface area (Å²) in [6.45, 7) is 5.71. The fourth-order valence-electron chi connectivity index (χ4n) is 1.07. The molecule has 1 rings (SSSR count). The van der Waals surface area contributed by atoms with Crippen molar-refractivity contribution in [3.05, 3.63) is 53.6 Å². The van der Waals surface area contributed by atoms with Crippen LogP contribution in [0.25, 0.3) is 5.57 Å². The molecule has 0 saturated heterocycles. The highest BCUT2D eigenvalue weighted by atomic mass is 35.5. The number of allylic oxidation sites excluding steroid dienone is 3. The predicted octanol–water partition coefficient (Wildman–Crippen LogP) is 3.93. The molecule has 0 heterocycles. The third-order valence-corrected chi connectivity index (χ3v) is 1.92. The van der Waals surface area contributed by atoms with Gasteiger partial charge in [0.2, 0.25) is 0 Å². The Hall–Kier alpha value is -1.01. The van der Waals surface area contributed by atoms with Crippen molar-refractivity contribution in [3.8, 4) is 0 Å². The van der Waals surface area contributed by atoms with Gasteiger partial charge in [-0.05, 0) is 30.2 Å². The third-order valence-electron chi connectivity index (χ3n) is 1.69. The lowest BCUT2D eigenvalue weighted by Crippen LogP contribution is -1.78. The maximum atomic E-state index is 5.84. The molecule has 12 heavy (non-hydrogen) atoms. The summed E-state index contributed by atoms with van der Waals surface area (Å²) >= 11 is 5.84. The lowest BCUT2D eigenvalue weighted by atomic mass is 10.1. The summed E-state index contributed by atoms with van der Waals surface area (Å²) in [6.07, 6.45) is 3.84.